The Morgan fingerprint density at radius 1 is 1.18 bits per heavy atom. The van der Waals surface area contributed by atoms with Crippen LogP contribution < -0.4 is 15.0 Å². The number of ether oxygens (including phenoxy) is 2. The monoisotopic (exact) mass is 403 g/mol. The van der Waals surface area contributed by atoms with Crippen molar-refractivity contribution in [2.45, 2.75) is 44.8 Å². The molecule has 7 heteroatoms. The summed E-state index contributed by atoms with van der Waals surface area (Å²) in [6.07, 6.45) is 4.35. The number of benzene rings is 1. The van der Waals surface area contributed by atoms with Crippen molar-refractivity contribution in [2.24, 2.45) is 5.92 Å². The molecule has 1 N–H and O–H groups in total. The standard InChI is InChI=1S/C21H29N3O3S/c1-15-6-2-3-7-16(15)22-21(28)24-14-19(20(25)23-10-12-26-13-11-23)27-18-9-5-4-8-17(18)24/h4-5,8-9,15-16,19H,2-3,6-7,10-14H2,1H3,(H,22,28)/t15-,16-,19-/m1/s1. The van der Waals surface area contributed by atoms with Gasteiger partial charge >= 0.3 is 0 Å². The average Bonchev–Trinajstić information content (AvgIpc) is 2.74. The molecule has 1 aromatic carbocycles. The Morgan fingerprint density at radius 3 is 2.71 bits per heavy atom. The second-order valence-corrected chi connectivity index (χ2v) is 8.33. The molecule has 4 rings (SSSR count). The molecule has 2 fully saturated rings. The topological polar surface area (TPSA) is 54.0 Å². The Labute approximate surface area is 172 Å². The first-order chi connectivity index (χ1) is 13.6. The van der Waals surface area contributed by atoms with Crippen LogP contribution in [0.2, 0.25) is 0 Å². The molecule has 1 saturated carbocycles. The number of carbonyl (C=O) groups excluding carboxylic acids is 1. The zero-order valence-corrected chi connectivity index (χ0v) is 17.2. The lowest BCUT2D eigenvalue weighted by molar-refractivity contribution is -0.142. The Morgan fingerprint density at radius 2 is 1.93 bits per heavy atom. The van der Waals surface area contributed by atoms with Gasteiger partial charge in [-0.25, -0.2) is 0 Å². The number of amides is 1. The number of anilines is 1. The number of thiocarbonyl (C=S) groups is 1. The lowest BCUT2D eigenvalue weighted by Crippen LogP contribution is -2.56. The maximum atomic E-state index is 13.0. The summed E-state index contributed by atoms with van der Waals surface area (Å²) >= 11 is 5.79. The molecule has 0 spiro atoms. The molecule has 6 nitrogen and oxygen atoms in total. The molecular formula is C21H29N3O3S. The molecule has 3 atom stereocenters. The first kappa shape index (κ1) is 19.5. The molecule has 2 heterocycles. The molecule has 152 valence electrons. The molecule has 0 bridgehead atoms. The molecular weight excluding hydrogens is 374 g/mol. The van der Waals surface area contributed by atoms with E-state index >= 15 is 0 Å². The minimum atomic E-state index is -0.559. The number of rotatable bonds is 2. The van der Waals surface area contributed by atoms with E-state index in [-0.39, 0.29) is 5.91 Å². The third-order valence-corrected chi connectivity index (χ3v) is 6.38. The van der Waals surface area contributed by atoms with Crippen LogP contribution in [0.15, 0.2) is 24.3 Å². The van der Waals surface area contributed by atoms with E-state index in [0.29, 0.717) is 55.7 Å². The molecule has 0 radical (unpaired) electrons. The van der Waals surface area contributed by atoms with Gasteiger partial charge in [0.1, 0.15) is 5.75 Å². The fourth-order valence-corrected chi connectivity index (χ4v) is 4.63. The summed E-state index contributed by atoms with van der Waals surface area (Å²) in [6, 6.07) is 8.21. The molecule has 0 unspecified atom stereocenters. The molecule has 1 aromatic rings. The highest BCUT2D eigenvalue weighted by Crippen LogP contribution is 2.34. The quantitative estimate of drug-likeness (QED) is 0.766. The number of nitrogens with zero attached hydrogens (tertiary/aromatic N) is 2. The van der Waals surface area contributed by atoms with E-state index in [1.165, 1.54) is 19.3 Å². The maximum Gasteiger partial charge on any atom is 0.265 e. The molecule has 2 aliphatic heterocycles. The van der Waals surface area contributed by atoms with E-state index < -0.39 is 6.10 Å². The number of fused-ring (bicyclic) bond motifs is 1. The summed E-state index contributed by atoms with van der Waals surface area (Å²) in [5, 5.41) is 4.26. The summed E-state index contributed by atoms with van der Waals surface area (Å²) in [4.78, 5) is 16.9. The van der Waals surface area contributed by atoms with Gasteiger partial charge in [0.25, 0.3) is 5.91 Å². The predicted molar refractivity (Wildman–Crippen MR) is 113 cm³/mol. The molecule has 1 saturated heterocycles. The van der Waals surface area contributed by atoms with Crippen LogP contribution in [-0.4, -0.2) is 60.9 Å². The summed E-state index contributed by atoms with van der Waals surface area (Å²) in [5.74, 6) is 1.33. The summed E-state index contributed by atoms with van der Waals surface area (Å²) < 4.78 is 11.4. The van der Waals surface area contributed by atoms with Gasteiger partial charge in [-0.3, -0.25) is 4.79 Å². The first-order valence-electron chi connectivity index (χ1n) is 10.3. The van der Waals surface area contributed by atoms with Crippen molar-refractivity contribution in [3.8, 4) is 5.75 Å². The van der Waals surface area contributed by atoms with Gasteiger partial charge in [-0.2, -0.15) is 0 Å². The van der Waals surface area contributed by atoms with E-state index in [1.54, 1.807) is 0 Å². The Hall–Kier alpha value is -1.86. The van der Waals surface area contributed by atoms with Crippen molar-refractivity contribution in [1.29, 1.82) is 0 Å². The maximum absolute atomic E-state index is 13.0. The van der Waals surface area contributed by atoms with Gasteiger partial charge in [0.15, 0.2) is 11.2 Å². The van der Waals surface area contributed by atoms with Gasteiger partial charge in [0.2, 0.25) is 0 Å². The van der Waals surface area contributed by atoms with Gasteiger partial charge in [-0.15, -0.1) is 0 Å². The van der Waals surface area contributed by atoms with E-state index in [4.69, 9.17) is 21.7 Å². The number of hydrogen-bond donors (Lipinski definition) is 1. The van der Waals surface area contributed by atoms with Crippen molar-refractivity contribution in [2.75, 3.05) is 37.7 Å². The minimum absolute atomic E-state index is 0.0108. The predicted octanol–water partition coefficient (Wildman–Crippen LogP) is 2.57. The Kier molecular flexibility index (Phi) is 6.01. The Balaban J connectivity index is 1.51. The van der Waals surface area contributed by atoms with Crippen LogP contribution in [0.4, 0.5) is 5.69 Å². The van der Waals surface area contributed by atoms with Gasteiger partial charge in [0.05, 0.1) is 25.4 Å². The summed E-state index contributed by atoms with van der Waals surface area (Å²) in [6.45, 7) is 5.11. The number of carbonyl (C=O) groups is 1. The molecule has 3 aliphatic rings. The fourth-order valence-electron chi connectivity index (χ4n) is 4.31. The van der Waals surface area contributed by atoms with Crippen molar-refractivity contribution in [3.05, 3.63) is 24.3 Å². The van der Waals surface area contributed by atoms with E-state index in [9.17, 15) is 4.79 Å². The summed E-state index contributed by atoms with van der Waals surface area (Å²) in [7, 11) is 0. The first-order valence-corrected chi connectivity index (χ1v) is 10.7. The highest BCUT2D eigenvalue weighted by atomic mass is 32.1. The lowest BCUT2D eigenvalue weighted by atomic mass is 9.86. The van der Waals surface area contributed by atoms with Crippen LogP contribution >= 0.6 is 12.2 Å². The SMILES string of the molecule is C[C@@H]1CCCC[C@H]1NC(=S)N1C[C@H](C(=O)N2CCOCC2)Oc2ccccc21. The second-order valence-electron chi connectivity index (χ2n) is 7.94. The Bertz CT molecular complexity index is 723. The van der Waals surface area contributed by atoms with Crippen LogP contribution in [-0.2, 0) is 9.53 Å². The van der Waals surface area contributed by atoms with Crippen LogP contribution in [0, 0.1) is 5.92 Å². The van der Waals surface area contributed by atoms with Crippen molar-refractivity contribution >= 4 is 28.9 Å². The van der Waals surface area contributed by atoms with Gasteiger partial charge in [-0.1, -0.05) is 31.9 Å². The van der Waals surface area contributed by atoms with Crippen LogP contribution in [0.5, 0.6) is 5.75 Å². The van der Waals surface area contributed by atoms with Gasteiger partial charge in [-0.05, 0) is 43.1 Å². The van der Waals surface area contributed by atoms with E-state index in [0.717, 1.165) is 12.1 Å². The van der Waals surface area contributed by atoms with Crippen molar-refractivity contribution in [1.82, 2.24) is 10.2 Å². The van der Waals surface area contributed by atoms with Gasteiger partial charge < -0.3 is 24.6 Å². The van der Waals surface area contributed by atoms with E-state index in [1.807, 2.05) is 34.1 Å². The fraction of sp³-hybridized carbons (Fsp3) is 0.619. The normalized spacial score (nSPS) is 27.5. The van der Waals surface area contributed by atoms with Crippen LogP contribution in [0.3, 0.4) is 0 Å². The number of morpholine rings is 1. The number of para-hydroxylation sites is 2. The molecule has 0 aromatic heterocycles. The smallest absolute Gasteiger partial charge is 0.265 e. The highest BCUT2D eigenvalue weighted by molar-refractivity contribution is 7.80. The largest absolute Gasteiger partial charge is 0.476 e. The number of hydrogen-bond acceptors (Lipinski definition) is 4. The molecule has 1 aliphatic carbocycles. The highest BCUT2D eigenvalue weighted by Gasteiger charge is 2.36. The average molecular weight is 404 g/mol. The van der Waals surface area contributed by atoms with Crippen LogP contribution in [0.25, 0.3) is 0 Å². The third-order valence-electron chi connectivity index (χ3n) is 6.04. The summed E-state index contributed by atoms with van der Waals surface area (Å²) in [5.41, 5.74) is 0.925. The zero-order chi connectivity index (χ0) is 19.5. The minimum Gasteiger partial charge on any atom is -0.476 e. The molecule has 28 heavy (non-hydrogen) atoms. The zero-order valence-electron chi connectivity index (χ0n) is 16.4. The van der Waals surface area contributed by atoms with Crippen LogP contribution in [0.1, 0.15) is 32.6 Å². The number of nitrogens with one attached hydrogen (secondary N) is 1. The second kappa shape index (κ2) is 8.66. The lowest BCUT2D eigenvalue weighted by Gasteiger charge is -2.40. The van der Waals surface area contributed by atoms with E-state index in [2.05, 4.69) is 12.2 Å². The molecule has 1 amide bonds. The van der Waals surface area contributed by atoms with Gasteiger partial charge in [0, 0.05) is 19.1 Å². The third kappa shape index (κ3) is 4.10. The van der Waals surface area contributed by atoms with Crippen molar-refractivity contribution < 1.29 is 14.3 Å². The van der Waals surface area contributed by atoms with Crippen molar-refractivity contribution in [3.63, 3.8) is 0 Å².